The average molecular weight is 265 g/mol. The summed E-state index contributed by atoms with van der Waals surface area (Å²) in [5, 5.41) is 10.7. The minimum atomic E-state index is -0.540. The van der Waals surface area contributed by atoms with Gasteiger partial charge in [0.1, 0.15) is 6.10 Å². The fraction of sp³-hybridized carbons (Fsp3) is 0.615. The molecule has 6 heteroatoms. The van der Waals surface area contributed by atoms with Gasteiger partial charge in [-0.05, 0) is 31.6 Å². The SMILES string of the molecule is CCC1CCCCC1Oc1ccc([N+](=O)[O-])c(N)n1. The number of hydrogen-bond donors (Lipinski definition) is 1. The van der Waals surface area contributed by atoms with Crippen molar-refractivity contribution in [2.24, 2.45) is 5.92 Å². The molecular formula is C13H19N3O3. The molecule has 0 aromatic carbocycles. The van der Waals surface area contributed by atoms with E-state index >= 15 is 0 Å². The number of ether oxygens (including phenoxy) is 1. The number of nitrogen functional groups attached to an aromatic ring is 1. The summed E-state index contributed by atoms with van der Waals surface area (Å²) in [4.78, 5) is 14.1. The highest BCUT2D eigenvalue weighted by molar-refractivity contribution is 5.53. The Morgan fingerprint density at radius 3 is 2.84 bits per heavy atom. The Balaban J connectivity index is 2.10. The second kappa shape index (κ2) is 5.86. The molecule has 1 aliphatic rings. The quantitative estimate of drug-likeness (QED) is 0.667. The predicted molar refractivity (Wildman–Crippen MR) is 72.0 cm³/mol. The highest BCUT2D eigenvalue weighted by Crippen LogP contribution is 2.31. The molecule has 6 nitrogen and oxygen atoms in total. The third-order valence-corrected chi connectivity index (χ3v) is 3.71. The maximum absolute atomic E-state index is 10.7. The molecule has 0 saturated heterocycles. The van der Waals surface area contributed by atoms with Crippen molar-refractivity contribution in [3.63, 3.8) is 0 Å². The largest absolute Gasteiger partial charge is 0.474 e. The molecule has 2 rings (SSSR count). The Bertz CT molecular complexity index is 464. The first kappa shape index (κ1) is 13.6. The van der Waals surface area contributed by atoms with Crippen LogP contribution in [0, 0.1) is 16.0 Å². The van der Waals surface area contributed by atoms with Crippen molar-refractivity contribution in [3.05, 3.63) is 22.2 Å². The summed E-state index contributed by atoms with van der Waals surface area (Å²) in [5.74, 6) is 0.826. The Labute approximate surface area is 112 Å². The van der Waals surface area contributed by atoms with E-state index in [-0.39, 0.29) is 17.6 Å². The van der Waals surface area contributed by atoms with Gasteiger partial charge >= 0.3 is 5.69 Å². The maximum Gasteiger partial charge on any atom is 0.311 e. The second-order valence-electron chi connectivity index (χ2n) is 4.92. The Kier molecular flexibility index (Phi) is 4.19. The Hall–Kier alpha value is -1.85. The molecular weight excluding hydrogens is 246 g/mol. The molecule has 19 heavy (non-hydrogen) atoms. The zero-order valence-electron chi connectivity index (χ0n) is 11.0. The fourth-order valence-electron chi connectivity index (χ4n) is 2.62. The van der Waals surface area contributed by atoms with Crippen LogP contribution in [0.3, 0.4) is 0 Å². The van der Waals surface area contributed by atoms with E-state index in [4.69, 9.17) is 10.5 Å². The van der Waals surface area contributed by atoms with Crippen LogP contribution < -0.4 is 10.5 Å². The number of rotatable bonds is 4. The van der Waals surface area contributed by atoms with Gasteiger partial charge < -0.3 is 10.5 Å². The van der Waals surface area contributed by atoms with Gasteiger partial charge in [-0.25, -0.2) is 0 Å². The third kappa shape index (κ3) is 3.13. The fourth-order valence-corrected chi connectivity index (χ4v) is 2.62. The molecule has 0 spiro atoms. The zero-order valence-corrected chi connectivity index (χ0v) is 11.0. The maximum atomic E-state index is 10.7. The van der Waals surface area contributed by atoms with Gasteiger partial charge in [-0.15, -0.1) is 0 Å². The monoisotopic (exact) mass is 265 g/mol. The van der Waals surface area contributed by atoms with E-state index in [2.05, 4.69) is 11.9 Å². The average Bonchev–Trinajstić information content (AvgIpc) is 2.39. The van der Waals surface area contributed by atoms with E-state index in [0.29, 0.717) is 11.8 Å². The van der Waals surface area contributed by atoms with Gasteiger partial charge in [0.2, 0.25) is 11.7 Å². The van der Waals surface area contributed by atoms with Crippen LogP contribution in [0.25, 0.3) is 0 Å². The molecule has 2 atom stereocenters. The van der Waals surface area contributed by atoms with Gasteiger partial charge in [0.25, 0.3) is 0 Å². The van der Waals surface area contributed by atoms with Crippen LogP contribution in [0.5, 0.6) is 5.88 Å². The summed E-state index contributed by atoms with van der Waals surface area (Å²) in [6, 6.07) is 2.87. The normalized spacial score (nSPS) is 23.0. The number of nitrogens with zero attached hydrogens (tertiary/aromatic N) is 2. The van der Waals surface area contributed by atoms with E-state index in [1.807, 2.05) is 0 Å². The first-order chi connectivity index (χ1) is 9.11. The van der Waals surface area contributed by atoms with Gasteiger partial charge in [0.05, 0.1) is 4.92 Å². The number of nitro groups is 1. The minimum absolute atomic E-state index is 0.0913. The highest BCUT2D eigenvalue weighted by atomic mass is 16.6. The lowest BCUT2D eigenvalue weighted by Gasteiger charge is -2.30. The van der Waals surface area contributed by atoms with Crippen molar-refractivity contribution in [2.75, 3.05) is 5.73 Å². The van der Waals surface area contributed by atoms with Crippen molar-refractivity contribution < 1.29 is 9.66 Å². The molecule has 1 aliphatic carbocycles. The number of hydrogen-bond acceptors (Lipinski definition) is 5. The third-order valence-electron chi connectivity index (χ3n) is 3.71. The second-order valence-corrected chi connectivity index (χ2v) is 4.92. The summed E-state index contributed by atoms with van der Waals surface area (Å²) in [7, 11) is 0. The standard InChI is InChI=1S/C13H19N3O3/c1-2-9-5-3-4-6-11(9)19-12-8-7-10(16(17)18)13(14)15-12/h7-9,11H,2-6H2,1H3,(H2,14,15). The molecule has 0 radical (unpaired) electrons. The van der Waals surface area contributed by atoms with Gasteiger partial charge in [-0.2, -0.15) is 4.98 Å². The zero-order chi connectivity index (χ0) is 13.8. The molecule has 0 bridgehead atoms. The Morgan fingerprint density at radius 2 is 2.21 bits per heavy atom. The predicted octanol–water partition coefficient (Wildman–Crippen LogP) is 2.92. The van der Waals surface area contributed by atoms with Crippen molar-refractivity contribution >= 4 is 11.5 Å². The molecule has 1 fully saturated rings. The smallest absolute Gasteiger partial charge is 0.311 e. The minimum Gasteiger partial charge on any atom is -0.474 e. The van der Waals surface area contributed by atoms with E-state index in [9.17, 15) is 10.1 Å². The van der Waals surface area contributed by atoms with E-state index < -0.39 is 4.92 Å². The molecule has 2 unspecified atom stereocenters. The van der Waals surface area contributed by atoms with Gasteiger partial charge in [-0.3, -0.25) is 10.1 Å². The van der Waals surface area contributed by atoms with Crippen molar-refractivity contribution in [1.82, 2.24) is 4.98 Å². The van der Waals surface area contributed by atoms with E-state index in [1.54, 1.807) is 0 Å². The highest BCUT2D eigenvalue weighted by Gasteiger charge is 2.26. The molecule has 0 amide bonds. The van der Waals surface area contributed by atoms with Crippen molar-refractivity contribution in [2.45, 2.75) is 45.1 Å². The van der Waals surface area contributed by atoms with Crippen molar-refractivity contribution in [3.8, 4) is 5.88 Å². The van der Waals surface area contributed by atoms with Crippen LogP contribution >= 0.6 is 0 Å². The van der Waals surface area contributed by atoms with E-state index in [1.165, 1.54) is 25.0 Å². The van der Waals surface area contributed by atoms with Crippen LogP contribution in [0.2, 0.25) is 0 Å². The van der Waals surface area contributed by atoms with Crippen LogP contribution in [0.1, 0.15) is 39.0 Å². The summed E-state index contributed by atoms with van der Waals surface area (Å²) in [6.45, 7) is 2.16. The molecule has 1 aromatic rings. The van der Waals surface area contributed by atoms with Gasteiger partial charge in [0.15, 0.2) is 0 Å². The van der Waals surface area contributed by atoms with Crippen LogP contribution in [0.4, 0.5) is 11.5 Å². The van der Waals surface area contributed by atoms with Crippen LogP contribution in [-0.2, 0) is 0 Å². The topological polar surface area (TPSA) is 91.3 Å². The lowest BCUT2D eigenvalue weighted by atomic mass is 9.85. The van der Waals surface area contributed by atoms with E-state index in [0.717, 1.165) is 19.3 Å². The van der Waals surface area contributed by atoms with Gasteiger partial charge in [0, 0.05) is 12.1 Å². The van der Waals surface area contributed by atoms with Crippen LogP contribution in [-0.4, -0.2) is 16.0 Å². The lowest BCUT2D eigenvalue weighted by Crippen LogP contribution is -2.30. The molecule has 1 saturated carbocycles. The number of anilines is 1. The lowest BCUT2D eigenvalue weighted by molar-refractivity contribution is -0.384. The molecule has 104 valence electrons. The molecule has 1 aromatic heterocycles. The molecule has 1 heterocycles. The van der Waals surface area contributed by atoms with Gasteiger partial charge in [-0.1, -0.05) is 13.3 Å². The first-order valence-corrected chi connectivity index (χ1v) is 6.69. The molecule has 2 N–H and O–H groups in total. The summed E-state index contributed by atoms with van der Waals surface area (Å²) in [5.41, 5.74) is 5.38. The first-order valence-electron chi connectivity index (χ1n) is 6.69. The summed E-state index contributed by atoms with van der Waals surface area (Å²) >= 11 is 0. The van der Waals surface area contributed by atoms with Crippen molar-refractivity contribution in [1.29, 1.82) is 0 Å². The molecule has 0 aliphatic heterocycles. The number of pyridine rings is 1. The summed E-state index contributed by atoms with van der Waals surface area (Å²) < 4.78 is 5.86. The summed E-state index contributed by atoms with van der Waals surface area (Å²) in [6.07, 6.45) is 5.80. The van der Waals surface area contributed by atoms with Crippen LogP contribution in [0.15, 0.2) is 12.1 Å². The Morgan fingerprint density at radius 1 is 1.47 bits per heavy atom. The number of aromatic nitrogens is 1. The number of nitrogens with two attached hydrogens (primary N) is 1.